The molecule has 33 heavy (non-hydrogen) atoms. The molecule has 0 aliphatic rings. The number of nitrogens with one attached hydrogen (secondary N) is 2. The lowest BCUT2D eigenvalue weighted by atomic mass is 10.3. The van der Waals surface area contributed by atoms with Gasteiger partial charge in [-0.25, -0.2) is 8.42 Å². The van der Waals surface area contributed by atoms with Gasteiger partial charge < -0.3 is 19.5 Å². The zero-order valence-electron chi connectivity index (χ0n) is 18.0. The summed E-state index contributed by atoms with van der Waals surface area (Å²) < 4.78 is 43.5. The highest BCUT2D eigenvalue weighted by atomic mass is 35.5. The number of ether oxygens (including phenoxy) is 3. The van der Waals surface area contributed by atoms with Crippen LogP contribution in [-0.4, -0.2) is 34.6 Å². The Morgan fingerprint density at radius 2 is 1.52 bits per heavy atom. The van der Waals surface area contributed by atoms with Crippen molar-refractivity contribution < 1.29 is 27.4 Å². The van der Waals surface area contributed by atoms with E-state index in [1.807, 2.05) is 6.92 Å². The maximum atomic E-state index is 12.6. The second-order valence-corrected chi connectivity index (χ2v) is 8.81. The van der Waals surface area contributed by atoms with Crippen LogP contribution in [0.2, 0.25) is 5.02 Å². The quantitative estimate of drug-likeness (QED) is 0.431. The third-order valence-electron chi connectivity index (χ3n) is 4.36. The monoisotopic (exact) mass is 490 g/mol. The number of carbonyl (C=O) groups is 1. The molecule has 0 heterocycles. The van der Waals surface area contributed by atoms with E-state index in [1.165, 1.54) is 37.4 Å². The van der Waals surface area contributed by atoms with Gasteiger partial charge in [0.15, 0.2) is 6.61 Å². The third kappa shape index (κ3) is 6.77. The lowest BCUT2D eigenvalue weighted by molar-refractivity contribution is -0.118. The third-order valence-corrected chi connectivity index (χ3v) is 6.05. The Hall–Kier alpha value is -3.43. The van der Waals surface area contributed by atoms with Crippen molar-refractivity contribution in [2.45, 2.75) is 11.8 Å². The summed E-state index contributed by atoms with van der Waals surface area (Å²) in [5.41, 5.74) is 0.908. The lowest BCUT2D eigenvalue weighted by Gasteiger charge is -2.11. The van der Waals surface area contributed by atoms with Crippen molar-refractivity contribution in [2.75, 3.05) is 30.4 Å². The van der Waals surface area contributed by atoms with E-state index in [0.717, 1.165) is 0 Å². The van der Waals surface area contributed by atoms with Crippen LogP contribution in [0.5, 0.6) is 17.2 Å². The molecular formula is C23H23ClN2O6S. The molecule has 3 rings (SSSR count). The second-order valence-electron chi connectivity index (χ2n) is 6.72. The molecular weight excluding hydrogens is 468 g/mol. The fourth-order valence-corrected chi connectivity index (χ4v) is 4.11. The van der Waals surface area contributed by atoms with Gasteiger partial charge in [0.25, 0.3) is 15.9 Å². The molecule has 0 radical (unpaired) electrons. The highest BCUT2D eigenvalue weighted by molar-refractivity contribution is 7.92. The van der Waals surface area contributed by atoms with Crippen molar-refractivity contribution >= 4 is 38.9 Å². The van der Waals surface area contributed by atoms with Crippen molar-refractivity contribution in [3.63, 3.8) is 0 Å². The number of benzene rings is 3. The first-order valence-electron chi connectivity index (χ1n) is 9.92. The summed E-state index contributed by atoms with van der Waals surface area (Å²) >= 11 is 6.04. The smallest absolute Gasteiger partial charge is 0.262 e. The summed E-state index contributed by atoms with van der Waals surface area (Å²) in [6.45, 7) is 2.22. The average molecular weight is 491 g/mol. The van der Waals surface area contributed by atoms with Crippen molar-refractivity contribution in [3.05, 3.63) is 71.8 Å². The topological polar surface area (TPSA) is 103 Å². The van der Waals surface area contributed by atoms with E-state index in [4.69, 9.17) is 25.8 Å². The molecule has 0 saturated carbocycles. The standard InChI is InChI=1S/C23H23ClN2O6S/c1-3-31-18-7-4-16(5-8-18)25-23(27)15-32-19-9-11-20(12-10-19)33(28,29)26-17-6-13-22(30-2)21(24)14-17/h4-14,26H,3,15H2,1-2H3,(H,25,27). The summed E-state index contributed by atoms with van der Waals surface area (Å²) in [4.78, 5) is 12.1. The molecule has 0 atom stereocenters. The largest absolute Gasteiger partial charge is 0.495 e. The predicted molar refractivity (Wildman–Crippen MR) is 127 cm³/mol. The fraction of sp³-hybridized carbons (Fsp3) is 0.174. The Labute approximate surface area is 197 Å². The van der Waals surface area contributed by atoms with Gasteiger partial charge in [0.1, 0.15) is 17.2 Å². The van der Waals surface area contributed by atoms with Gasteiger partial charge in [-0.1, -0.05) is 11.6 Å². The number of carbonyl (C=O) groups excluding carboxylic acids is 1. The molecule has 0 spiro atoms. The molecule has 0 aromatic heterocycles. The number of anilines is 2. The van der Waals surface area contributed by atoms with Crippen LogP contribution in [0.25, 0.3) is 0 Å². The molecule has 0 aliphatic carbocycles. The molecule has 1 amide bonds. The second kappa shape index (κ2) is 10.9. The minimum atomic E-state index is -3.84. The van der Waals surface area contributed by atoms with Crippen molar-refractivity contribution in [1.29, 1.82) is 0 Å². The average Bonchev–Trinajstić information content (AvgIpc) is 2.79. The Kier molecular flexibility index (Phi) is 8.02. The van der Waals surface area contributed by atoms with Crippen molar-refractivity contribution in [3.8, 4) is 17.2 Å². The molecule has 3 aromatic rings. The number of sulfonamides is 1. The van der Waals surface area contributed by atoms with E-state index in [9.17, 15) is 13.2 Å². The zero-order valence-corrected chi connectivity index (χ0v) is 19.6. The van der Waals surface area contributed by atoms with E-state index in [0.29, 0.717) is 35.2 Å². The number of hydrogen-bond acceptors (Lipinski definition) is 6. The van der Waals surface area contributed by atoms with Crippen LogP contribution < -0.4 is 24.2 Å². The van der Waals surface area contributed by atoms with Gasteiger partial charge in [0.05, 0.1) is 29.3 Å². The van der Waals surface area contributed by atoms with Gasteiger partial charge in [-0.3, -0.25) is 9.52 Å². The SMILES string of the molecule is CCOc1ccc(NC(=O)COc2ccc(S(=O)(=O)Nc3ccc(OC)c(Cl)c3)cc2)cc1. The van der Waals surface area contributed by atoms with Gasteiger partial charge in [0.2, 0.25) is 0 Å². The number of rotatable bonds is 10. The fourth-order valence-electron chi connectivity index (χ4n) is 2.81. The van der Waals surface area contributed by atoms with Gasteiger partial charge >= 0.3 is 0 Å². The predicted octanol–water partition coefficient (Wildman–Crippen LogP) is 4.57. The molecule has 2 N–H and O–H groups in total. The zero-order chi connectivity index (χ0) is 23.8. The van der Waals surface area contributed by atoms with E-state index in [-0.39, 0.29) is 22.4 Å². The summed E-state index contributed by atoms with van der Waals surface area (Å²) in [5, 5.41) is 2.99. The maximum absolute atomic E-state index is 12.6. The van der Waals surface area contributed by atoms with Crippen LogP contribution in [0.1, 0.15) is 6.92 Å². The molecule has 0 aliphatic heterocycles. The first-order valence-corrected chi connectivity index (χ1v) is 11.8. The normalized spacial score (nSPS) is 10.9. The Morgan fingerprint density at radius 3 is 2.12 bits per heavy atom. The minimum absolute atomic E-state index is 0.0284. The first kappa shape index (κ1) is 24.2. The summed E-state index contributed by atoms with van der Waals surface area (Å²) in [6, 6.07) is 17.2. The molecule has 0 bridgehead atoms. The van der Waals surface area contributed by atoms with E-state index < -0.39 is 10.0 Å². The van der Waals surface area contributed by atoms with E-state index >= 15 is 0 Å². The number of amides is 1. The Morgan fingerprint density at radius 1 is 0.909 bits per heavy atom. The Balaban J connectivity index is 1.55. The first-order chi connectivity index (χ1) is 15.8. The number of halogens is 1. The molecule has 10 heteroatoms. The van der Waals surface area contributed by atoms with Crippen LogP contribution in [-0.2, 0) is 14.8 Å². The number of methoxy groups -OCH3 is 1. The lowest BCUT2D eigenvalue weighted by Crippen LogP contribution is -2.20. The summed E-state index contributed by atoms with van der Waals surface area (Å²) in [6.07, 6.45) is 0. The van der Waals surface area contributed by atoms with Gasteiger partial charge in [-0.05, 0) is 73.7 Å². The molecule has 0 unspecified atom stereocenters. The molecule has 3 aromatic carbocycles. The maximum Gasteiger partial charge on any atom is 0.262 e. The van der Waals surface area contributed by atoms with Crippen molar-refractivity contribution in [2.24, 2.45) is 0 Å². The van der Waals surface area contributed by atoms with Gasteiger partial charge in [0, 0.05) is 5.69 Å². The molecule has 8 nitrogen and oxygen atoms in total. The van der Waals surface area contributed by atoms with Crippen LogP contribution >= 0.6 is 11.6 Å². The van der Waals surface area contributed by atoms with Crippen LogP contribution in [0, 0.1) is 0 Å². The highest BCUT2D eigenvalue weighted by Gasteiger charge is 2.15. The summed E-state index contributed by atoms with van der Waals surface area (Å²) in [7, 11) is -2.37. The highest BCUT2D eigenvalue weighted by Crippen LogP contribution is 2.28. The Bertz CT molecular complexity index is 1200. The summed E-state index contributed by atoms with van der Waals surface area (Å²) in [5.74, 6) is 1.15. The number of hydrogen-bond donors (Lipinski definition) is 2. The minimum Gasteiger partial charge on any atom is -0.495 e. The van der Waals surface area contributed by atoms with Crippen LogP contribution in [0.3, 0.4) is 0 Å². The van der Waals surface area contributed by atoms with E-state index in [2.05, 4.69) is 10.0 Å². The molecule has 174 valence electrons. The molecule has 0 fully saturated rings. The van der Waals surface area contributed by atoms with E-state index in [1.54, 1.807) is 36.4 Å². The van der Waals surface area contributed by atoms with Gasteiger partial charge in [-0.15, -0.1) is 0 Å². The van der Waals surface area contributed by atoms with Gasteiger partial charge in [-0.2, -0.15) is 0 Å². The van der Waals surface area contributed by atoms with Crippen molar-refractivity contribution in [1.82, 2.24) is 0 Å². The van der Waals surface area contributed by atoms with Crippen LogP contribution in [0.4, 0.5) is 11.4 Å². The molecule has 0 saturated heterocycles. The van der Waals surface area contributed by atoms with Crippen LogP contribution in [0.15, 0.2) is 71.6 Å².